The maximum absolute atomic E-state index is 9.69. The maximum Gasteiger partial charge on any atom is 0.200 e. The summed E-state index contributed by atoms with van der Waals surface area (Å²) in [5.74, 6) is -0.704. The van der Waals surface area contributed by atoms with E-state index < -0.39 is 5.75 Å². The minimum absolute atomic E-state index is 0.198. The van der Waals surface area contributed by atoms with Crippen molar-refractivity contribution >= 4 is 0 Å². The highest BCUT2D eigenvalue weighted by atomic mass is 16.3. The highest BCUT2D eigenvalue weighted by molar-refractivity contribution is 5.54. The molecule has 1 saturated heterocycles. The monoisotopic (exact) mass is 209 g/mol. The lowest BCUT2D eigenvalue weighted by atomic mass is 9.95. The molecule has 0 aliphatic carbocycles. The van der Waals surface area contributed by atoms with Gasteiger partial charge >= 0.3 is 0 Å². The topological polar surface area (TPSA) is 72.7 Å². The van der Waals surface area contributed by atoms with Crippen LogP contribution in [0.25, 0.3) is 0 Å². The van der Waals surface area contributed by atoms with Gasteiger partial charge in [-0.1, -0.05) is 6.07 Å². The van der Waals surface area contributed by atoms with Crippen molar-refractivity contribution in [3.8, 4) is 17.2 Å². The first-order valence-electron chi connectivity index (χ1n) is 5.06. The Balaban J connectivity index is 2.33. The Labute approximate surface area is 88.2 Å². The number of nitrogens with one attached hydrogen (secondary N) is 1. The second-order valence-corrected chi connectivity index (χ2v) is 4.11. The Bertz CT molecular complexity index is 378. The van der Waals surface area contributed by atoms with Crippen LogP contribution >= 0.6 is 0 Å². The molecular formula is C11H15NO3. The van der Waals surface area contributed by atoms with E-state index in [2.05, 4.69) is 12.2 Å². The fraction of sp³-hybridized carbons (Fsp3) is 0.455. The van der Waals surface area contributed by atoms with Crippen LogP contribution in [0.1, 0.15) is 24.8 Å². The molecule has 1 aromatic rings. The molecule has 0 saturated carbocycles. The van der Waals surface area contributed by atoms with Gasteiger partial charge in [0.2, 0.25) is 5.75 Å². The van der Waals surface area contributed by atoms with Crippen molar-refractivity contribution in [3.05, 3.63) is 17.7 Å². The second-order valence-electron chi connectivity index (χ2n) is 4.11. The lowest BCUT2D eigenvalue weighted by molar-refractivity contribution is 0.363. The first-order valence-corrected chi connectivity index (χ1v) is 5.06. The number of hydrogen-bond acceptors (Lipinski definition) is 4. The Hall–Kier alpha value is -1.42. The van der Waals surface area contributed by atoms with Crippen LogP contribution < -0.4 is 5.32 Å². The first kappa shape index (κ1) is 10.1. The summed E-state index contributed by atoms with van der Waals surface area (Å²) in [5, 5.41) is 31.5. The van der Waals surface area contributed by atoms with Gasteiger partial charge in [-0.3, -0.25) is 0 Å². The van der Waals surface area contributed by atoms with E-state index in [1.54, 1.807) is 6.07 Å². The third-order valence-corrected chi connectivity index (χ3v) is 2.95. The summed E-state index contributed by atoms with van der Waals surface area (Å²) in [7, 11) is 0. The van der Waals surface area contributed by atoms with Gasteiger partial charge in [-0.15, -0.1) is 0 Å². The Morgan fingerprint density at radius 2 is 1.93 bits per heavy atom. The standard InChI is InChI=1S/C11H15NO3/c1-6-4-7(5-12-6)8-2-3-9(13)11(15)10(8)14/h2-3,6-7,12-15H,4-5H2,1H3. The zero-order valence-electron chi connectivity index (χ0n) is 8.57. The van der Waals surface area contributed by atoms with Crippen LogP contribution in [0.3, 0.4) is 0 Å². The van der Waals surface area contributed by atoms with Gasteiger partial charge in [0.1, 0.15) is 0 Å². The summed E-state index contributed by atoms with van der Waals surface area (Å²) in [6, 6.07) is 3.49. The average Bonchev–Trinajstić information content (AvgIpc) is 2.61. The van der Waals surface area contributed by atoms with Crippen LogP contribution in [-0.4, -0.2) is 27.9 Å². The van der Waals surface area contributed by atoms with Gasteiger partial charge in [-0.2, -0.15) is 0 Å². The van der Waals surface area contributed by atoms with E-state index >= 15 is 0 Å². The Kier molecular flexibility index (Phi) is 2.44. The summed E-state index contributed by atoms with van der Waals surface area (Å²) in [6.45, 7) is 2.87. The summed E-state index contributed by atoms with van der Waals surface area (Å²) in [6.07, 6.45) is 0.928. The van der Waals surface area contributed by atoms with Gasteiger partial charge in [-0.05, 0) is 19.4 Å². The zero-order valence-corrected chi connectivity index (χ0v) is 8.57. The van der Waals surface area contributed by atoms with E-state index in [1.165, 1.54) is 6.07 Å². The van der Waals surface area contributed by atoms with E-state index in [0.29, 0.717) is 11.6 Å². The maximum atomic E-state index is 9.69. The third-order valence-electron chi connectivity index (χ3n) is 2.95. The summed E-state index contributed by atoms with van der Waals surface area (Å²) in [5.41, 5.74) is 0.696. The number of phenolic OH excluding ortho intramolecular Hbond substituents is 3. The van der Waals surface area contributed by atoms with Crippen molar-refractivity contribution in [2.75, 3.05) is 6.54 Å². The van der Waals surface area contributed by atoms with E-state index in [-0.39, 0.29) is 17.4 Å². The molecule has 1 aliphatic heterocycles. The minimum atomic E-state index is -0.424. The molecule has 0 spiro atoms. The predicted octanol–water partition coefficient (Wildman–Crippen LogP) is 1.27. The van der Waals surface area contributed by atoms with Crippen LogP contribution in [0.5, 0.6) is 17.2 Å². The molecule has 2 unspecified atom stereocenters. The van der Waals surface area contributed by atoms with Crippen molar-refractivity contribution in [2.24, 2.45) is 0 Å². The Morgan fingerprint density at radius 1 is 1.20 bits per heavy atom. The van der Waals surface area contributed by atoms with E-state index in [9.17, 15) is 15.3 Å². The Morgan fingerprint density at radius 3 is 2.53 bits per heavy atom. The number of benzene rings is 1. The van der Waals surface area contributed by atoms with Crippen molar-refractivity contribution in [1.29, 1.82) is 0 Å². The van der Waals surface area contributed by atoms with Crippen LogP contribution in [-0.2, 0) is 0 Å². The quantitative estimate of drug-likeness (QED) is 0.525. The molecule has 82 valence electrons. The summed E-state index contributed by atoms with van der Waals surface area (Å²) in [4.78, 5) is 0. The molecule has 1 aromatic carbocycles. The fourth-order valence-electron chi connectivity index (χ4n) is 2.09. The molecule has 0 radical (unpaired) electrons. The highest BCUT2D eigenvalue weighted by Gasteiger charge is 2.26. The molecule has 15 heavy (non-hydrogen) atoms. The molecule has 2 rings (SSSR count). The molecular weight excluding hydrogens is 194 g/mol. The second kappa shape index (κ2) is 3.62. The van der Waals surface area contributed by atoms with Gasteiger partial charge in [0.05, 0.1) is 0 Å². The largest absolute Gasteiger partial charge is 0.504 e. The SMILES string of the molecule is CC1CC(c2ccc(O)c(O)c2O)CN1. The summed E-state index contributed by atoms with van der Waals surface area (Å²) < 4.78 is 0. The number of rotatable bonds is 1. The molecule has 4 nitrogen and oxygen atoms in total. The molecule has 4 N–H and O–H groups in total. The van der Waals surface area contributed by atoms with Crippen LogP contribution in [0.4, 0.5) is 0 Å². The predicted molar refractivity (Wildman–Crippen MR) is 56.3 cm³/mol. The number of phenols is 3. The number of hydrogen-bond donors (Lipinski definition) is 4. The zero-order chi connectivity index (χ0) is 11.0. The van der Waals surface area contributed by atoms with Gasteiger partial charge < -0.3 is 20.6 Å². The minimum Gasteiger partial charge on any atom is -0.504 e. The summed E-state index contributed by atoms with van der Waals surface area (Å²) >= 11 is 0. The van der Waals surface area contributed by atoms with Gasteiger partial charge in [0.25, 0.3) is 0 Å². The third kappa shape index (κ3) is 1.72. The molecule has 0 amide bonds. The molecule has 1 fully saturated rings. The normalized spacial score (nSPS) is 25.7. The van der Waals surface area contributed by atoms with Gasteiger partial charge in [-0.25, -0.2) is 0 Å². The van der Waals surface area contributed by atoms with Gasteiger partial charge in [0, 0.05) is 24.1 Å². The highest BCUT2D eigenvalue weighted by Crippen LogP contribution is 2.42. The average molecular weight is 209 g/mol. The lowest BCUT2D eigenvalue weighted by Crippen LogP contribution is -2.16. The fourth-order valence-corrected chi connectivity index (χ4v) is 2.09. The molecule has 2 atom stereocenters. The molecule has 1 aliphatic rings. The molecule has 1 heterocycles. The van der Waals surface area contributed by atoms with E-state index in [4.69, 9.17) is 0 Å². The lowest BCUT2D eigenvalue weighted by Gasteiger charge is -2.12. The van der Waals surface area contributed by atoms with Crippen LogP contribution in [0.15, 0.2) is 12.1 Å². The number of aromatic hydroxyl groups is 3. The van der Waals surface area contributed by atoms with Crippen molar-refractivity contribution in [2.45, 2.75) is 25.3 Å². The smallest absolute Gasteiger partial charge is 0.200 e. The van der Waals surface area contributed by atoms with Gasteiger partial charge in [0.15, 0.2) is 11.5 Å². The molecule has 0 aromatic heterocycles. The van der Waals surface area contributed by atoms with Crippen molar-refractivity contribution in [3.63, 3.8) is 0 Å². The van der Waals surface area contributed by atoms with Crippen molar-refractivity contribution in [1.82, 2.24) is 5.32 Å². The van der Waals surface area contributed by atoms with Crippen LogP contribution in [0.2, 0.25) is 0 Å². The van der Waals surface area contributed by atoms with E-state index in [0.717, 1.165) is 13.0 Å². The first-order chi connectivity index (χ1) is 7.09. The van der Waals surface area contributed by atoms with Crippen molar-refractivity contribution < 1.29 is 15.3 Å². The van der Waals surface area contributed by atoms with E-state index in [1.807, 2.05) is 0 Å². The van der Waals surface area contributed by atoms with Crippen LogP contribution in [0, 0.1) is 0 Å². The molecule has 4 heteroatoms. The molecule has 0 bridgehead atoms.